The third kappa shape index (κ3) is 6.43. The maximum Gasteiger partial charge on any atom is 0.257 e. The van der Waals surface area contributed by atoms with E-state index in [1.165, 1.54) is 5.56 Å². The van der Waals surface area contributed by atoms with Gasteiger partial charge in [0.1, 0.15) is 17.2 Å². The van der Waals surface area contributed by atoms with Crippen LogP contribution in [0.1, 0.15) is 5.56 Å². The molecule has 2 unspecified atom stereocenters. The Morgan fingerprint density at radius 3 is 2.26 bits per heavy atom. The predicted octanol–water partition coefficient (Wildman–Crippen LogP) is 2.28. The Morgan fingerprint density at radius 1 is 1.07 bits per heavy atom. The first-order valence-corrected chi connectivity index (χ1v) is 8.73. The summed E-state index contributed by atoms with van der Waals surface area (Å²) in [6, 6.07) is 14.9. The first-order valence-electron chi connectivity index (χ1n) is 8.73. The average molecular weight is 393 g/mol. The van der Waals surface area contributed by atoms with Crippen molar-refractivity contribution >= 4 is 18.3 Å². The lowest BCUT2D eigenvalue weighted by molar-refractivity contribution is -0.123. The number of β-amino-alcohol motifs (C(OH)–C–C–N with tert-alkyl or cyclic N) is 1. The summed E-state index contributed by atoms with van der Waals surface area (Å²) in [5.74, 6) is 1.92. The molecule has 0 saturated carbocycles. The topological polar surface area (TPSA) is 79.8 Å². The Hall–Kier alpha value is -2.28. The van der Waals surface area contributed by atoms with Crippen LogP contribution >= 0.6 is 12.4 Å². The van der Waals surface area contributed by atoms with Crippen molar-refractivity contribution < 1.29 is 19.4 Å². The van der Waals surface area contributed by atoms with E-state index in [1.54, 1.807) is 24.3 Å². The highest BCUT2D eigenvalue weighted by molar-refractivity contribution is 5.85. The molecule has 3 rings (SSSR count). The Morgan fingerprint density at radius 2 is 1.67 bits per heavy atom. The van der Waals surface area contributed by atoms with E-state index >= 15 is 0 Å². The van der Waals surface area contributed by atoms with Gasteiger partial charge < -0.3 is 25.2 Å². The number of amides is 1. The molecule has 1 saturated heterocycles. The number of halogens is 1. The maximum atomic E-state index is 11.9. The second-order valence-corrected chi connectivity index (χ2v) is 6.46. The van der Waals surface area contributed by atoms with E-state index in [0.29, 0.717) is 31.1 Å². The van der Waals surface area contributed by atoms with Crippen molar-refractivity contribution in [1.29, 1.82) is 0 Å². The molecule has 2 atom stereocenters. The normalized spacial score (nSPS) is 18.4. The smallest absolute Gasteiger partial charge is 0.257 e. The molecule has 7 heteroatoms. The maximum absolute atomic E-state index is 11.9. The van der Waals surface area contributed by atoms with E-state index in [9.17, 15) is 9.90 Å². The number of benzene rings is 2. The summed E-state index contributed by atoms with van der Waals surface area (Å²) in [6.07, 6.45) is -0.405. The van der Waals surface area contributed by atoms with Crippen LogP contribution in [0.3, 0.4) is 0 Å². The van der Waals surface area contributed by atoms with E-state index < -0.39 is 6.10 Å². The lowest BCUT2D eigenvalue weighted by atomic mass is 10.1. The first kappa shape index (κ1) is 21.0. The third-order valence-electron chi connectivity index (χ3n) is 4.32. The lowest BCUT2D eigenvalue weighted by Crippen LogP contribution is -2.36. The minimum atomic E-state index is -0.405. The summed E-state index contributed by atoms with van der Waals surface area (Å²) >= 11 is 0. The van der Waals surface area contributed by atoms with Crippen LogP contribution in [-0.4, -0.2) is 43.4 Å². The molecular weight excluding hydrogens is 368 g/mol. The van der Waals surface area contributed by atoms with E-state index in [0.717, 1.165) is 5.75 Å². The van der Waals surface area contributed by atoms with E-state index in [-0.39, 0.29) is 30.8 Å². The standard InChI is InChI=1S/C20H24N2O4.ClH/c1-14-2-4-17(5-3-14)26-18-8-6-16(7-9-18)25-13-20(24)22-11-15-10-21-12-19(15)23;/h2-9,15,19,21,23H,10-13H2,1H3,(H,22,24);1H. The van der Waals surface area contributed by atoms with E-state index in [1.807, 2.05) is 31.2 Å². The molecular formula is C20H25ClN2O4. The third-order valence-corrected chi connectivity index (χ3v) is 4.32. The SMILES string of the molecule is Cc1ccc(Oc2ccc(OCC(=O)NCC3CNCC3O)cc2)cc1.Cl. The summed E-state index contributed by atoms with van der Waals surface area (Å²) in [7, 11) is 0. The minimum absolute atomic E-state index is 0. The fourth-order valence-corrected chi connectivity index (χ4v) is 2.72. The molecule has 0 bridgehead atoms. The van der Waals surface area contributed by atoms with Gasteiger partial charge in [0.25, 0.3) is 5.91 Å². The van der Waals surface area contributed by atoms with Crippen LogP contribution < -0.4 is 20.1 Å². The Labute approximate surface area is 165 Å². The fraction of sp³-hybridized carbons (Fsp3) is 0.350. The molecule has 1 fully saturated rings. The second kappa shape index (κ2) is 10.2. The number of aliphatic hydroxyl groups is 1. The summed E-state index contributed by atoms with van der Waals surface area (Å²) in [4.78, 5) is 11.9. The Kier molecular flexibility index (Phi) is 7.91. The second-order valence-electron chi connectivity index (χ2n) is 6.46. The summed E-state index contributed by atoms with van der Waals surface area (Å²) in [5, 5.41) is 15.6. The van der Waals surface area contributed by atoms with Crippen molar-refractivity contribution in [2.24, 2.45) is 5.92 Å². The Balaban J connectivity index is 0.00000261. The van der Waals surface area contributed by atoms with Crippen LogP contribution in [0, 0.1) is 12.8 Å². The lowest BCUT2D eigenvalue weighted by Gasteiger charge is -2.14. The van der Waals surface area contributed by atoms with Gasteiger partial charge in [-0.05, 0) is 43.3 Å². The molecule has 2 aromatic rings. The van der Waals surface area contributed by atoms with Gasteiger partial charge in [0.2, 0.25) is 0 Å². The zero-order chi connectivity index (χ0) is 18.4. The molecule has 3 N–H and O–H groups in total. The number of nitrogens with one attached hydrogen (secondary N) is 2. The number of carbonyl (C=O) groups is 1. The number of ether oxygens (including phenoxy) is 2. The first-order chi connectivity index (χ1) is 12.6. The highest BCUT2D eigenvalue weighted by Crippen LogP contribution is 2.24. The van der Waals surface area contributed by atoms with Crippen LogP contribution in [0.5, 0.6) is 17.2 Å². The molecule has 0 aliphatic carbocycles. The van der Waals surface area contributed by atoms with Gasteiger partial charge in [0.05, 0.1) is 6.10 Å². The van der Waals surface area contributed by atoms with Crippen LogP contribution in [-0.2, 0) is 4.79 Å². The molecule has 2 aromatic carbocycles. The highest BCUT2D eigenvalue weighted by Gasteiger charge is 2.24. The van der Waals surface area contributed by atoms with Gasteiger partial charge >= 0.3 is 0 Å². The Bertz CT molecular complexity index is 722. The number of hydrogen-bond donors (Lipinski definition) is 3. The van der Waals surface area contributed by atoms with Gasteiger partial charge in [-0.15, -0.1) is 12.4 Å². The van der Waals surface area contributed by atoms with Crippen LogP contribution in [0.2, 0.25) is 0 Å². The molecule has 0 aromatic heterocycles. The largest absolute Gasteiger partial charge is 0.484 e. The minimum Gasteiger partial charge on any atom is -0.484 e. The van der Waals surface area contributed by atoms with Crippen LogP contribution in [0.4, 0.5) is 0 Å². The molecule has 1 aliphatic rings. The monoisotopic (exact) mass is 392 g/mol. The molecule has 1 aliphatic heterocycles. The summed E-state index contributed by atoms with van der Waals surface area (Å²) < 4.78 is 11.2. The highest BCUT2D eigenvalue weighted by atomic mass is 35.5. The molecule has 1 amide bonds. The number of aliphatic hydroxyl groups excluding tert-OH is 1. The van der Waals surface area contributed by atoms with Gasteiger partial charge in [0, 0.05) is 25.6 Å². The van der Waals surface area contributed by atoms with Crippen molar-refractivity contribution in [1.82, 2.24) is 10.6 Å². The van der Waals surface area contributed by atoms with Crippen molar-refractivity contribution in [3.63, 3.8) is 0 Å². The number of hydrogen-bond acceptors (Lipinski definition) is 5. The zero-order valence-corrected chi connectivity index (χ0v) is 16.0. The summed E-state index contributed by atoms with van der Waals surface area (Å²) in [6.45, 7) is 3.70. The average Bonchev–Trinajstić information content (AvgIpc) is 3.06. The van der Waals surface area contributed by atoms with Crippen LogP contribution in [0.25, 0.3) is 0 Å². The number of aryl methyl sites for hydroxylation is 1. The van der Waals surface area contributed by atoms with Crippen molar-refractivity contribution in [3.05, 3.63) is 54.1 Å². The molecule has 0 spiro atoms. The molecule has 27 heavy (non-hydrogen) atoms. The quantitative estimate of drug-likeness (QED) is 0.673. The zero-order valence-electron chi connectivity index (χ0n) is 15.2. The van der Waals surface area contributed by atoms with Crippen molar-refractivity contribution in [3.8, 4) is 17.2 Å². The van der Waals surface area contributed by atoms with Crippen LogP contribution in [0.15, 0.2) is 48.5 Å². The van der Waals surface area contributed by atoms with Crippen molar-refractivity contribution in [2.75, 3.05) is 26.2 Å². The van der Waals surface area contributed by atoms with Gasteiger partial charge in [-0.25, -0.2) is 0 Å². The summed E-state index contributed by atoms with van der Waals surface area (Å²) in [5.41, 5.74) is 1.18. The number of carbonyl (C=O) groups excluding carboxylic acids is 1. The molecule has 6 nitrogen and oxygen atoms in total. The number of rotatable bonds is 7. The van der Waals surface area contributed by atoms with Crippen molar-refractivity contribution in [2.45, 2.75) is 13.0 Å². The van der Waals surface area contributed by atoms with E-state index in [4.69, 9.17) is 9.47 Å². The van der Waals surface area contributed by atoms with Gasteiger partial charge in [-0.2, -0.15) is 0 Å². The van der Waals surface area contributed by atoms with E-state index in [2.05, 4.69) is 10.6 Å². The van der Waals surface area contributed by atoms with Gasteiger partial charge in [-0.3, -0.25) is 4.79 Å². The fourth-order valence-electron chi connectivity index (χ4n) is 2.72. The molecule has 1 heterocycles. The van der Waals surface area contributed by atoms with Gasteiger partial charge in [0.15, 0.2) is 6.61 Å². The predicted molar refractivity (Wildman–Crippen MR) is 106 cm³/mol. The molecule has 146 valence electrons. The van der Waals surface area contributed by atoms with Gasteiger partial charge in [-0.1, -0.05) is 17.7 Å². The molecule has 0 radical (unpaired) electrons.